The Morgan fingerprint density at radius 2 is 2.16 bits per heavy atom. The van der Waals surface area contributed by atoms with E-state index in [9.17, 15) is 8.42 Å². The third kappa shape index (κ3) is 3.55. The first-order chi connectivity index (χ1) is 9.03. The Labute approximate surface area is 115 Å². The fraction of sp³-hybridized carbons (Fsp3) is 0.571. The van der Waals surface area contributed by atoms with Crippen LogP contribution in [0.15, 0.2) is 29.2 Å². The monoisotopic (exact) mass is 282 g/mol. The van der Waals surface area contributed by atoms with Crippen LogP contribution < -0.4 is 10.5 Å². The molecular weight excluding hydrogens is 260 g/mol. The zero-order valence-corrected chi connectivity index (χ0v) is 12.1. The SMILES string of the molecule is CC1CCCC1CNS(=O)(=O)c1cccc(CN)c1. The second-order valence-corrected chi connectivity index (χ2v) is 7.14. The van der Waals surface area contributed by atoms with Gasteiger partial charge in [0.15, 0.2) is 0 Å². The van der Waals surface area contributed by atoms with E-state index in [1.54, 1.807) is 18.2 Å². The van der Waals surface area contributed by atoms with Crippen molar-refractivity contribution in [1.82, 2.24) is 4.72 Å². The summed E-state index contributed by atoms with van der Waals surface area (Å²) in [5.41, 5.74) is 6.37. The predicted octanol–water partition coefficient (Wildman–Crippen LogP) is 1.86. The van der Waals surface area contributed by atoms with Crippen LogP contribution in [-0.4, -0.2) is 15.0 Å². The van der Waals surface area contributed by atoms with E-state index < -0.39 is 10.0 Å². The summed E-state index contributed by atoms with van der Waals surface area (Å²) in [5, 5.41) is 0. The van der Waals surface area contributed by atoms with Gasteiger partial charge in [-0.05, 0) is 36.0 Å². The molecule has 0 spiro atoms. The van der Waals surface area contributed by atoms with Crippen LogP contribution in [0, 0.1) is 11.8 Å². The highest BCUT2D eigenvalue weighted by molar-refractivity contribution is 7.89. The van der Waals surface area contributed by atoms with E-state index >= 15 is 0 Å². The average Bonchev–Trinajstić information content (AvgIpc) is 2.82. The standard InChI is InChI=1S/C14H22N2O2S/c1-11-4-2-6-13(11)10-16-19(17,18)14-7-3-5-12(8-14)9-15/h3,5,7-8,11,13,16H,2,4,6,9-10,15H2,1H3. The van der Waals surface area contributed by atoms with Gasteiger partial charge >= 0.3 is 0 Å². The molecule has 5 heteroatoms. The molecule has 0 aromatic heterocycles. The molecule has 2 rings (SSSR count). The van der Waals surface area contributed by atoms with Crippen molar-refractivity contribution in [1.29, 1.82) is 0 Å². The van der Waals surface area contributed by atoms with E-state index in [0.717, 1.165) is 12.0 Å². The lowest BCUT2D eigenvalue weighted by Gasteiger charge is -2.16. The summed E-state index contributed by atoms with van der Waals surface area (Å²) >= 11 is 0. The van der Waals surface area contributed by atoms with Crippen molar-refractivity contribution in [2.45, 2.75) is 37.6 Å². The molecule has 4 nitrogen and oxygen atoms in total. The second-order valence-electron chi connectivity index (χ2n) is 5.37. The lowest BCUT2D eigenvalue weighted by Crippen LogP contribution is -2.30. The van der Waals surface area contributed by atoms with Crippen LogP contribution in [0.4, 0.5) is 0 Å². The molecule has 1 aromatic rings. The van der Waals surface area contributed by atoms with Gasteiger partial charge in [0.25, 0.3) is 0 Å². The molecule has 1 fully saturated rings. The summed E-state index contributed by atoms with van der Waals surface area (Å²) < 4.78 is 27.2. The number of benzene rings is 1. The predicted molar refractivity (Wildman–Crippen MR) is 76.0 cm³/mol. The van der Waals surface area contributed by atoms with Gasteiger partial charge < -0.3 is 5.73 Å². The van der Waals surface area contributed by atoms with E-state index in [4.69, 9.17) is 5.73 Å². The molecule has 0 radical (unpaired) electrons. The summed E-state index contributed by atoms with van der Waals surface area (Å²) in [7, 11) is -3.41. The summed E-state index contributed by atoms with van der Waals surface area (Å²) in [5.74, 6) is 1.07. The van der Waals surface area contributed by atoms with Gasteiger partial charge in [-0.15, -0.1) is 0 Å². The maximum atomic E-state index is 12.2. The summed E-state index contributed by atoms with van der Waals surface area (Å²) in [4.78, 5) is 0.307. The maximum absolute atomic E-state index is 12.2. The van der Waals surface area contributed by atoms with Crippen molar-refractivity contribution in [3.8, 4) is 0 Å². The first-order valence-corrected chi connectivity index (χ1v) is 8.30. The highest BCUT2D eigenvalue weighted by Crippen LogP contribution is 2.30. The highest BCUT2D eigenvalue weighted by Gasteiger charge is 2.25. The van der Waals surface area contributed by atoms with E-state index in [1.165, 1.54) is 12.8 Å². The average molecular weight is 282 g/mol. The molecular formula is C14H22N2O2S. The molecule has 1 saturated carbocycles. The number of sulfonamides is 1. The lowest BCUT2D eigenvalue weighted by atomic mass is 9.99. The third-order valence-electron chi connectivity index (χ3n) is 4.02. The Bertz CT molecular complexity index is 528. The van der Waals surface area contributed by atoms with E-state index in [1.807, 2.05) is 6.07 Å². The molecule has 1 aliphatic carbocycles. The van der Waals surface area contributed by atoms with Crippen LogP contribution in [0.2, 0.25) is 0 Å². The minimum Gasteiger partial charge on any atom is -0.326 e. The maximum Gasteiger partial charge on any atom is 0.240 e. The first-order valence-electron chi connectivity index (χ1n) is 6.81. The summed E-state index contributed by atoms with van der Waals surface area (Å²) in [6, 6.07) is 6.81. The van der Waals surface area contributed by atoms with Crippen LogP contribution in [0.1, 0.15) is 31.7 Å². The number of rotatable bonds is 5. The van der Waals surface area contributed by atoms with Gasteiger partial charge in [-0.25, -0.2) is 13.1 Å². The van der Waals surface area contributed by atoms with Gasteiger partial charge in [-0.3, -0.25) is 0 Å². The lowest BCUT2D eigenvalue weighted by molar-refractivity contribution is 0.414. The Balaban J connectivity index is 2.05. The van der Waals surface area contributed by atoms with Gasteiger partial charge in [0, 0.05) is 13.1 Å². The first kappa shape index (κ1) is 14.5. The van der Waals surface area contributed by atoms with Gasteiger partial charge in [0.05, 0.1) is 4.90 Å². The number of nitrogens with one attached hydrogen (secondary N) is 1. The van der Waals surface area contributed by atoms with Crippen LogP contribution in [0.5, 0.6) is 0 Å². The van der Waals surface area contributed by atoms with Crippen LogP contribution in [-0.2, 0) is 16.6 Å². The fourth-order valence-electron chi connectivity index (χ4n) is 2.67. The Hall–Kier alpha value is -0.910. The minimum atomic E-state index is -3.41. The Morgan fingerprint density at radius 1 is 1.37 bits per heavy atom. The molecule has 0 saturated heterocycles. The Kier molecular flexibility index (Phi) is 4.60. The third-order valence-corrected chi connectivity index (χ3v) is 5.44. The molecule has 2 atom stereocenters. The molecule has 2 unspecified atom stereocenters. The van der Waals surface area contributed by atoms with Gasteiger partial charge in [-0.1, -0.05) is 31.9 Å². The van der Waals surface area contributed by atoms with Crippen molar-refractivity contribution in [2.75, 3.05) is 6.54 Å². The molecule has 106 valence electrons. The topological polar surface area (TPSA) is 72.2 Å². The van der Waals surface area contributed by atoms with Crippen molar-refractivity contribution < 1.29 is 8.42 Å². The molecule has 0 aliphatic heterocycles. The quantitative estimate of drug-likeness (QED) is 0.866. The highest BCUT2D eigenvalue weighted by atomic mass is 32.2. The molecule has 0 heterocycles. The van der Waals surface area contributed by atoms with Gasteiger partial charge in [-0.2, -0.15) is 0 Å². The van der Waals surface area contributed by atoms with E-state index in [2.05, 4.69) is 11.6 Å². The van der Waals surface area contributed by atoms with Crippen LogP contribution >= 0.6 is 0 Å². The van der Waals surface area contributed by atoms with Gasteiger partial charge in [0.1, 0.15) is 0 Å². The molecule has 1 aliphatic rings. The van der Waals surface area contributed by atoms with Crippen molar-refractivity contribution in [2.24, 2.45) is 17.6 Å². The summed E-state index contributed by atoms with van der Waals surface area (Å²) in [6.07, 6.45) is 3.53. The minimum absolute atomic E-state index is 0.307. The Morgan fingerprint density at radius 3 is 2.79 bits per heavy atom. The molecule has 0 bridgehead atoms. The molecule has 3 N–H and O–H groups in total. The van der Waals surface area contributed by atoms with Crippen LogP contribution in [0.25, 0.3) is 0 Å². The van der Waals surface area contributed by atoms with E-state index in [0.29, 0.717) is 29.8 Å². The number of nitrogens with two attached hydrogens (primary N) is 1. The summed E-state index contributed by atoms with van der Waals surface area (Å²) in [6.45, 7) is 3.08. The van der Waals surface area contributed by atoms with Gasteiger partial charge in [0.2, 0.25) is 10.0 Å². The van der Waals surface area contributed by atoms with Crippen molar-refractivity contribution >= 4 is 10.0 Å². The van der Waals surface area contributed by atoms with Crippen LogP contribution in [0.3, 0.4) is 0 Å². The fourth-order valence-corrected chi connectivity index (χ4v) is 3.83. The molecule has 1 aromatic carbocycles. The number of hydrogen-bond donors (Lipinski definition) is 2. The largest absolute Gasteiger partial charge is 0.326 e. The zero-order valence-electron chi connectivity index (χ0n) is 11.3. The van der Waals surface area contributed by atoms with Crippen molar-refractivity contribution in [3.63, 3.8) is 0 Å². The second kappa shape index (κ2) is 6.03. The molecule has 0 amide bonds. The molecule has 19 heavy (non-hydrogen) atoms. The zero-order chi connectivity index (χ0) is 13.9. The van der Waals surface area contributed by atoms with E-state index in [-0.39, 0.29) is 0 Å². The smallest absolute Gasteiger partial charge is 0.240 e. The van der Waals surface area contributed by atoms with Crippen molar-refractivity contribution in [3.05, 3.63) is 29.8 Å². The normalized spacial score (nSPS) is 23.7. The number of hydrogen-bond acceptors (Lipinski definition) is 3.